The smallest absolute Gasteiger partial charge is 0.240 e. The lowest BCUT2D eigenvalue weighted by molar-refractivity contribution is -0.117. The van der Waals surface area contributed by atoms with Crippen LogP contribution >= 0.6 is 12.4 Å². The van der Waals surface area contributed by atoms with Crippen molar-refractivity contribution in [2.24, 2.45) is 0 Å². The Bertz CT molecular complexity index is 368. The number of halogens is 1. The molecule has 1 aromatic rings. The number of nitrogens with zero attached hydrogens (tertiary/aromatic N) is 1. The first-order chi connectivity index (χ1) is 7.33. The van der Waals surface area contributed by atoms with Gasteiger partial charge >= 0.3 is 0 Å². The highest BCUT2D eigenvalue weighted by molar-refractivity contribution is 5.95. The third-order valence-electron chi connectivity index (χ3n) is 2.74. The second-order valence-electron chi connectivity index (χ2n) is 3.81. The van der Waals surface area contributed by atoms with Crippen LogP contribution in [0, 0.1) is 0 Å². The SMILES string of the molecule is CNCC(=O)N1CCCc2ccccc21.Cl. The summed E-state index contributed by atoms with van der Waals surface area (Å²) in [6.45, 7) is 1.26. The van der Waals surface area contributed by atoms with Crippen molar-refractivity contribution < 1.29 is 4.79 Å². The van der Waals surface area contributed by atoms with Gasteiger partial charge in [0.15, 0.2) is 0 Å². The number of aryl methyl sites for hydroxylation is 1. The molecule has 2 rings (SSSR count). The van der Waals surface area contributed by atoms with Crippen LogP contribution in [0.2, 0.25) is 0 Å². The number of carbonyl (C=O) groups excluding carboxylic acids is 1. The average molecular weight is 241 g/mol. The minimum Gasteiger partial charge on any atom is -0.311 e. The van der Waals surface area contributed by atoms with Gasteiger partial charge in [0, 0.05) is 12.2 Å². The maximum Gasteiger partial charge on any atom is 0.240 e. The summed E-state index contributed by atoms with van der Waals surface area (Å²) in [5.41, 5.74) is 2.37. The van der Waals surface area contributed by atoms with Gasteiger partial charge in [-0.1, -0.05) is 18.2 Å². The molecule has 0 saturated carbocycles. The molecular formula is C12H17ClN2O. The van der Waals surface area contributed by atoms with Crippen LogP contribution in [0.4, 0.5) is 5.69 Å². The van der Waals surface area contributed by atoms with E-state index in [9.17, 15) is 4.79 Å². The molecule has 0 radical (unpaired) electrons. The Labute approximate surface area is 102 Å². The predicted molar refractivity (Wildman–Crippen MR) is 68.3 cm³/mol. The van der Waals surface area contributed by atoms with Gasteiger partial charge in [0.25, 0.3) is 0 Å². The van der Waals surface area contributed by atoms with E-state index in [4.69, 9.17) is 0 Å². The van der Waals surface area contributed by atoms with Gasteiger partial charge in [-0.05, 0) is 31.5 Å². The maximum atomic E-state index is 11.8. The first-order valence-corrected chi connectivity index (χ1v) is 5.36. The number of carbonyl (C=O) groups is 1. The molecule has 1 amide bonds. The lowest BCUT2D eigenvalue weighted by atomic mass is 10.0. The molecule has 0 spiro atoms. The third-order valence-corrected chi connectivity index (χ3v) is 2.74. The minimum atomic E-state index is 0. The van der Waals surface area contributed by atoms with E-state index in [0.717, 1.165) is 25.1 Å². The zero-order chi connectivity index (χ0) is 10.7. The van der Waals surface area contributed by atoms with Crippen LogP contribution in [0.1, 0.15) is 12.0 Å². The predicted octanol–water partition coefficient (Wildman–Crippen LogP) is 1.61. The molecule has 0 unspecified atom stereocenters. The summed E-state index contributed by atoms with van der Waals surface area (Å²) in [5, 5.41) is 2.90. The molecule has 0 fully saturated rings. The Morgan fingerprint density at radius 3 is 2.94 bits per heavy atom. The molecule has 1 aliphatic heterocycles. The number of hydrogen-bond acceptors (Lipinski definition) is 2. The second kappa shape index (κ2) is 5.87. The number of benzene rings is 1. The van der Waals surface area contributed by atoms with Gasteiger partial charge in [-0.25, -0.2) is 0 Å². The fourth-order valence-electron chi connectivity index (χ4n) is 2.04. The fourth-order valence-corrected chi connectivity index (χ4v) is 2.04. The summed E-state index contributed by atoms with van der Waals surface area (Å²) in [7, 11) is 1.80. The standard InChI is InChI=1S/C12H16N2O.ClH/c1-13-9-12(15)14-8-4-6-10-5-2-3-7-11(10)14;/h2-3,5,7,13H,4,6,8-9H2,1H3;1H. The monoisotopic (exact) mass is 240 g/mol. The number of rotatable bonds is 2. The first kappa shape index (κ1) is 13.0. The Balaban J connectivity index is 0.00000128. The number of amides is 1. The van der Waals surface area contributed by atoms with Crippen molar-refractivity contribution in [1.82, 2.24) is 5.32 Å². The molecule has 1 heterocycles. The minimum absolute atomic E-state index is 0. The van der Waals surface area contributed by atoms with Crippen LogP contribution < -0.4 is 10.2 Å². The molecule has 0 aliphatic carbocycles. The highest BCUT2D eigenvalue weighted by Crippen LogP contribution is 2.26. The molecule has 0 bridgehead atoms. The largest absolute Gasteiger partial charge is 0.311 e. The highest BCUT2D eigenvalue weighted by Gasteiger charge is 2.20. The summed E-state index contributed by atoms with van der Waals surface area (Å²) >= 11 is 0. The van der Waals surface area contributed by atoms with Crippen LogP contribution in [0.15, 0.2) is 24.3 Å². The van der Waals surface area contributed by atoms with Crippen LogP contribution in [0.5, 0.6) is 0 Å². The zero-order valence-corrected chi connectivity index (χ0v) is 10.2. The first-order valence-electron chi connectivity index (χ1n) is 5.36. The topological polar surface area (TPSA) is 32.3 Å². The van der Waals surface area contributed by atoms with Crippen molar-refractivity contribution in [3.05, 3.63) is 29.8 Å². The molecule has 1 aromatic carbocycles. The van der Waals surface area contributed by atoms with Crippen LogP contribution in [-0.4, -0.2) is 26.0 Å². The van der Waals surface area contributed by atoms with Crippen molar-refractivity contribution in [3.63, 3.8) is 0 Å². The summed E-state index contributed by atoms with van der Waals surface area (Å²) in [6.07, 6.45) is 2.14. The van der Waals surface area contributed by atoms with Crippen molar-refractivity contribution in [2.75, 3.05) is 25.0 Å². The fraction of sp³-hybridized carbons (Fsp3) is 0.417. The van der Waals surface area contributed by atoms with E-state index in [0.29, 0.717) is 6.54 Å². The molecule has 0 atom stereocenters. The molecule has 16 heavy (non-hydrogen) atoms. The summed E-state index contributed by atoms with van der Waals surface area (Å²) in [6, 6.07) is 8.16. The Morgan fingerprint density at radius 1 is 1.44 bits per heavy atom. The van der Waals surface area contributed by atoms with Gasteiger partial charge in [-0.3, -0.25) is 4.79 Å². The number of nitrogens with one attached hydrogen (secondary N) is 1. The summed E-state index contributed by atoms with van der Waals surface area (Å²) < 4.78 is 0. The maximum absolute atomic E-state index is 11.8. The molecule has 88 valence electrons. The van der Waals surface area contributed by atoms with E-state index in [1.165, 1.54) is 5.56 Å². The number of fused-ring (bicyclic) bond motifs is 1. The van der Waals surface area contributed by atoms with E-state index >= 15 is 0 Å². The Kier molecular flexibility index (Phi) is 4.77. The lowest BCUT2D eigenvalue weighted by Crippen LogP contribution is -2.40. The van der Waals surface area contributed by atoms with Gasteiger partial charge in [0.1, 0.15) is 0 Å². The van der Waals surface area contributed by atoms with Crippen molar-refractivity contribution in [3.8, 4) is 0 Å². The molecule has 3 nitrogen and oxygen atoms in total. The molecule has 1 N–H and O–H groups in total. The van der Waals surface area contributed by atoms with E-state index in [2.05, 4.69) is 11.4 Å². The second-order valence-corrected chi connectivity index (χ2v) is 3.81. The number of para-hydroxylation sites is 1. The summed E-state index contributed by atoms with van der Waals surface area (Å²) in [4.78, 5) is 13.7. The Morgan fingerprint density at radius 2 is 2.19 bits per heavy atom. The van der Waals surface area contributed by atoms with E-state index in [1.54, 1.807) is 7.05 Å². The van der Waals surface area contributed by atoms with Gasteiger partial charge in [0.05, 0.1) is 6.54 Å². The van der Waals surface area contributed by atoms with Crippen molar-refractivity contribution >= 4 is 24.0 Å². The van der Waals surface area contributed by atoms with Gasteiger partial charge in [-0.2, -0.15) is 0 Å². The van der Waals surface area contributed by atoms with Crippen molar-refractivity contribution in [2.45, 2.75) is 12.8 Å². The molecule has 0 saturated heterocycles. The number of likely N-dealkylation sites (N-methyl/N-ethyl adjacent to an activating group) is 1. The number of hydrogen-bond donors (Lipinski definition) is 1. The summed E-state index contributed by atoms with van der Waals surface area (Å²) in [5.74, 6) is 0.157. The molecule has 4 heteroatoms. The van der Waals surface area contributed by atoms with Crippen LogP contribution in [-0.2, 0) is 11.2 Å². The lowest BCUT2D eigenvalue weighted by Gasteiger charge is -2.29. The van der Waals surface area contributed by atoms with E-state index < -0.39 is 0 Å². The average Bonchev–Trinajstić information content (AvgIpc) is 2.28. The van der Waals surface area contributed by atoms with Crippen molar-refractivity contribution in [1.29, 1.82) is 0 Å². The van der Waals surface area contributed by atoms with E-state index in [1.807, 2.05) is 23.1 Å². The molecule has 0 aromatic heterocycles. The van der Waals surface area contributed by atoms with E-state index in [-0.39, 0.29) is 18.3 Å². The normalized spacial score (nSPS) is 13.9. The Hall–Kier alpha value is -1.06. The zero-order valence-electron chi connectivity index (χ0n) is 9.40. The van der Waals surface area contributed by atoms with Gasteiger partial charge in [0.2, 0.25) is 5.91 Å². The van der Waals surface area contributed by atoms with Crippen LogP contribution in [0.25, 0.3) is 0 Å². The van der Waals surface area contributed by atoms with Gasteiger partial charge < -0.3 is 10.2 Å². The van der Waals surface area contributed by atoms with Crippen LogP contribution in [0.3, 0.4) is 0 Å². The number of anilines is 1. The van der Waals surface area contributed by atoms with Gasteiger partial charge in [-0.15, -0.1) is 12.4 Å². The highest BCUT2D eigenvalue weighted by atomic mass is 35.5. The third kappa shape index (κ3) is 2.54. The molecule has 1 aliphatic rings. The molecular weight excluding hydrogens is 224 g/mol. The quantitative estimate of drug-likeness (QED) is 0.852.